The second kappa shape index (κ2) is 2.56. The number of nitrogens with one attached hydrogen (secondary N) is 1. The quantitative estimate of drug-likeness (QED) is 0.512. The summed E-state index contributed by atoms with van der Waals surface area (Å²) in [5.41, 5.74) is 1.48. The van der Waals surface area contributed by atoms with Crippen molar-refractivity contribution in [2.24, 2.45) is 0 Å². The van der Waals surface area contributed by atoms with Gasteiger partial charge >= 0.3 is 0 Å². The minimum Gasteiger partial charge on any atom is -0.316 e. The molecular formula is C8H9NSi. The molecule has 2 radical (unpaired) electrons. The van der Waals surface area contributed by atoms with Crippen LogP contribution in [0, 0.1) is 0 Å². The summed E-state index contributed by atoms with van der Waals surface area (Å²) >= 11 is 0. The van der Waals surface area contributed by atoms with Crippen molar-refractivity contribution in [3.8, 4) is 0 Å². The molecule has 0 aliphatic carbocycles. The van der Waals surface area contributed by atoms with E-state index in [1.54, 1.807) is 5.19 Å². The van der Waals surface area contributed by atoms with Crippen LogP contribution in [0.4, 0.5) is 0 Å². The number of hydrogen-bond acceptors (Lipinski definition) is 1. The lowest BCUT2D eigenvalue weighted by atomic mass is 10.2. The topological polar surface area (TPSA) is 12.0 Å². The van der Waals surface area contributed by atoms with Crippen molar-refractivity contribution in [3.05, 3.63) is 29.8 Å². The molecule has 1 aromatic rings. The normalized spacial score (nSPS) is 16.4. The standard InChI is InChI=1S/C8H9NSi/c1-2-4-8-7(3-1)5-9-6-10-8/h1-4,9H,5-6H2. The Morgan fingerprint density at radius 3 is 3.10 bits per heavy atom. The zero-order chi connectivity index (χ0) is 6.81. The van der Waals surface area contributed by atoms with Crippen molar-refractivity contribution < 1.29 is 0 Å². The van der Waals surface area contributed by atoms with Crippen molar-refractivity contribution in [2.45, 2.75) is 6.54 Å². The smallest absolute Gasteiger partial charge is 0.0981 e. The highest BCUT2D eigenvalue weighted by atomic mass is 28.2. The Morgan fingerprint density at radius 2 is 2.20 bits per heavy atom. The highest BCUT2D eigenvalue weighted by Gasteiger charge is 2.06. The summed E-state index contributed by atoms with van der Waals surface area (Å²) in [6.45, 7) is 1.06. The van der Waals surface area contributed by atoms with E-state index in [9.17, 15) is 0 Å². The van der Waals surface area contributed by atoms with Crippen molar-refractivity contribution in [1.29, 1.82) is 0 Å². The van der Waals surface area contributed by atoms with Gasteiger partial charge in [0.2, 0.25) is 0 Å². The van der Waals surface area contributed by atoms with Gasteiger partial charge in [0.05, 0.1) is 9.52 Å². The Balaban J connectivity index is 2.41. The van der Waals surface area contributed by atoms with Crippen LogP contribution in [-0.4, -0.2) is 15.7 Å². The number of benzene rings is 1. The molecule has 0 saturated heterocycles. The number of fused-ring (bicyclic) bond motifs is 1. The lowest BCUT2D eigenvalue weighted by Gasteiger charge is -2.14. The summed E-state index contributed by atoms with van der Waals surface area (Å²) in [5.74, 6) is 0. The molecule has 1 N–H and O–H groups in total. The Bertz CT molecular complexity index is 209. The molecule has 0 bridgehead atoms. The van der Waals surface area contributed by atoms with Crippen LogP contribution in [0.15, 0.2) is 24.3 Å². The third-order valence-corrected chi connectivity index (χ3v) is 3.03. The molecule has 1 nitrogen and oxygen atoms in total. The summed E-state index contributed by atoms with van der Waals surface area (Å²) in [5, 5.41) is 4.90. The van der Waals surface area contributed by atoms with E-state index in [4.69, 9.17) is 0 Å². The minimum absolute atomic E-state index is 0.962. The molecule has 1 aromatic carbocycles. The number of rotatable bonds is 0. The van der Waals surface area contributed by atoms with E-state index in [2.05, 4.69) is 29.6 Å². The molecular weight excluding hydrogens is 138 g/mol. The fraction of sp³-hybridized carbons (Fsp3) is 0.250. The highest BCUT2D eigenvalue weighted by molar-refractivity contribution is 6.54. The van der Waals surface area contributed by atoms with E-state index < -0.39 is 0 Å². The van der Waals surface area contributed by atoms with Crippen LogP contribution in [0.3, 0.4) is 0 Å². The van der Waals surface area contributed by atoms with Crippen LogP contribution in [0.1, 0.15) is 5.56 Å². The summed E-state index contributed by atoms with van der Waals surface area (Å²) in [6, 6.07) is 8.66. The van der Waals surface area contributed by atoms with Gasteiger partial charge in [0.15, 0.2) is 0 Å². The third kappa shape index (κ3) is 1.00. The van der Waals surface area contributed by atoms with Crippen LogP contribution in [0.2, 0.25) is 0 Å². The predicted octanol–water partition coefficient (Wildman–Crippen LogP) is 0.0768. The second-order valence-corrected chi connectivity index (χ2v) is 3.68. The van der Waals surface area contributed by atoms with E-state index in [1.807, 2.05) is 0 Å². The van der Waals surface area contributed by atoms with Crippen LogP contribution >= 0.6 is 0 Å². The van der Waals surface area contributed by atoms with E-state index in [-0.39, 0.29) is 0 Å². The lowest BCUT2D eigenvalue weighted by Crippen LogP contribution is -2.37. The van der Waals surface area contributed by atoms with E-state index in [0.717, 1.165) is 22.2 Å². The van der Waals surface area contributed by atoms with Gasteiger partial charge in [0.25, 0.3) is 0 Å². The van der Waals surface area contributed by atoms with Crippen molar-refractivity contribution in [1.82, 2.24) is 5.32 Å². The molecule has 0 fully saturated rings. The van der Waals surface area contributed by atoms with Gasteiger partial charge < -0.3 is 5.32 Å². The average Bonchev–Trinajstić information content (AvgIpc) is 2.05. The van der Waals surface area contributed by atoms with Gasteiger partial charge in [-0.15, -0.1) is 0 Å². The molecule has 2 rings (SSSR count). The van der Waals surface area contributed by atoms with Gasteiger partial charge in [-0.3, -0.25) is 0 Å². The Kier molecular flexibility index (Phi) is 1.57. The van der Waals surface area contributed by atoms with Gasteiger partial charge in [-0.05, 0) is 11.7 Å². The maximum absolute atomic E-state index is 3.35. The lowest BCUT2D eigenvalue weighted by molar-refractivity contribution is 0.780. The SMILES string of the molecule is c1ccc2c(c1)CNC[Si]2. The van der Waals surface area contributed by atoms with E-state index >= 15 is 0 Å². The largest absolute Gasteiger partial charge is 0.316 e. The zero-order valence-corrected chi connectivity index (χ0v) is 6.72. The Labute approximate surface area is 63.3 Å². The van der Waals surface area contributed by atoms with Crippen molar-refractivity contribution >= 4 is 14.7 Å². The monoisotopic (exact) mass is 147 g/mol. The van der Waals surface area contributed by atoms with Crippen molar-refractivity contribution in [2.75, 3.05) is 6.17 Å². The Morgan fingerprint density at radius 1 is 1.30 bits per heavy atom. The molecule has 0 spiro atoms. The summed E-state index contributed by atoms with van der Waals surface area (Å²) < 4.78 is 0. The van der Waals surface area contributed by atoms with Crippen LogP contribution in [0.25, 0.3) is 0 Å². The van der Waals surface area contributed by atoms with Gasteiger partial charge in [0, 0.05) is 6.54 Å². The molecule has 0 atom stereocenters. The molecule has 0 saturated carbocycles. The van der Waals surface area contributed by atoms with Crippen LogP contribution in [-0.2, 0) is 6.54 Å². The van der Waals surface area contributed by atoms with Crippen LogP contribution < -0.4 is 10.5 Å². The molecule has 1 aliphatic rings. The first-order valence-electron chi connectivity index (χ1n) is 3.49. The second-order valence-electron chi connectivity index (χ2n) is 2.44. The summed E-state index contributed by atoms with van der Waals surface area (Å²) in [4.78, 5) is 0. The molecule has 0 unspecified atom stereocenters. The first-order chi connectivity index (χ1) is 4.97. The molecule has 1 aliphatic heterocycles. The van der Waals surface area contributed by atoms with Gasteiger partial charge in [-0.2, -0.15) is 0 Å². The summed E-state index contributed by atoms with van der Waals surface area (Å²) in [7, 11) is 0.962. The fourth-order valence-electron chi connectivity index (χ4n) is 1.20. The zero-order valence-electron chi connectivity index (χ0n) is 5.72. The van der Waals surface area contributed by atoms with Gasteiger partial charge in [-0.1, -0.05) is 29.5 Å². The highest BCUT2D eigenvalue weighted by Crippen LogP contribution is 1.97. The third-order valence-electron chi connectivity index (χ3n) is 1.74. The first kappa shape index (κ1) is 6.13. The van der Waals surface area contributed by atoms with E-state index in [0.29, 0.717) is 0 Å². The van der Waals surface area contributed by atoms with Gasteiger partial charge in [-0.25, -0.2) is 0 Å². The van der Waals surface area contributed by atoms with Crippen molar-refractivity contribution in [3.63, 3.8) is 0 Å². The summed E-state index contributed by atoms with van der Waals surface area (Å²) in [6.07, 6.45) is 1.16. The molecule has 1 heterocycles. The fourth-order valence-corrected chi connectivity index (χ4v) is 2.26. The molecule has 0 amide bonds. The minimum atomic E-state index is 0.962. The first-order valence-corrected chi connectivity index (χ1v) is 4.70. The maximum atomic E-state index is 3.35. The predicted molar refractivity (Wildman–Crippen MR) is 43.5 cm³/mol. The van der Waals surface area contributed by atoms with E-state index in [1.165, 1.54) is 5.56 Å². The molecule has 0 aromatic heterocycles. The average molecular weight is 147 g/mol. The van der Waals surface area contributed by atoms with Gasteiger partial charge in [0.1, 0.15) is 0 Å². The van der Waals surface area contributed by atoms with Crippen LogP contribution in [0.5, 0.6) is 0 Å². The Hall–Kier alpha value is -0.603. The molecule has 50 valence electrons. The molecule has 2 heteroatoms. The maximum Gasteiger partial charge on any atom is 0.0981 e. The number of hydrogen-bond donors (Lipinski definition) is 1. The molecule has 10 heavy (non-hydrogen) atoms.